The normalized spacial score (nSPS) is 17.3. The lowest BCUT2D eigenvalue weighted by molar-refractivity contribution is 0.153. The summed E-state index contributed by atoms with van der Waals surface area (Å²) in [5.74, 6) is 0.865. The molecule has 1 saturated heterocycles. The van der Waals surface area contributed by atoms with Crippen molar-refractivity contribution in [2.45, 2.75) is 70.7 Å². The standard InChI is InChI=1S/C27H40N4OS/c1-26(2)16-22(17-27(3,4)29-26)28-25(33)31(19-21-10-14-24(32-7)15-11-21)18-20-8-12-23(13-9-20)30(5)6/h8-15,22,29H,16-19H2,1-7H3,(H,28,33). The Kier molecular flexibility index (Phi) is 7.91. The van der Waals surface area contributed by atoms with Gasteiger partial charge in [-0.25, -0.2) is 0 Å². The van der Waals surface area contributed by atoms with Crippen molar-refractivity contribution in [3.05, 3.63) is 59.7 Å². The number of benzene rings is 2. The third-order valence-corrected chi connectivity index (χ3v) is 6.54. The summed E-state index contributed by atoms with van der Waals surface area (Å²) < 4.78 is 5.33. The Morgan fingerprint density at radius 1 is 0.939 bits per heavy atom. The lowest BCUT2D eigenvalue weighted by Crippen LogP contribution is -2.62. The van der Waals surface area contributed by atoms with Crippen LogP contribution in [0.25, 0.3) is 0 Å². The third-order valence-electron chi connectivity index (χ3n) is 6.16. The molecule has 1 aliphatic rings. The van der Waals surface area contributed by atoms with E-state index in [2.05, 4.69) is 98.6 Å². The minimum absolute atomic E-state index is 0.0673. The molecule has 2 aromatic rings. The lowest BCUT2D eigenvalue weighted by Gasteiger charge is -2.47. The van der Waals surface area contributed by atoms with Gasteiger partial charge in [-0.1, -0.05) is 24.3 Å². The molecule has 2 aromatic carbocycles. The van der Waals surface area contributed by atoms with Crippen LogP contribution in [-0.2, 0) is 13.1 Å². The molecule has 6 heteroatoms. The number of methoxy groups -OCH3 is 1. The zero-order chi connectivity index (χ0) is 24.2. The van der Waals surface area contributed by atoms with Crippen LogP contribution in [0.15, 0.2) is 48.5 Å². The number of nitrogens with one attached hydrogen (secondary N) is 2. The van der Waals surface area contributed by atoms with Crippen molar-refractivity contribution in [3.8, 4) is 5.75 Å². The molecule has 33 heavy (non-hydrogen) atoms. The van der Waals surface area contributed by atoms with E-state index >= 15 is 0 Å². The Balaban J connectivity index is 1.78. The largest absolute Gasteiger partial charge is 0.497 e. The summed E-state index contributed by atoms with van der Waals surface area (Å²) in [6, 6.07) is 17.3. The summed E-state index contributed by atoms with van der Waals surface area (Å²) in [6.07, 6.45) is 2.06. The van der Waals surface area contributed by atoms with Gasteiger partial charge in [0.2, 0.25) is 0 Å². The summed E-state index contributed by atoms with van der Waals surface area (Å²) in [5, 5.41) is 8.27. The number of ether oxygens (including phenoxy) is 1. The molecule has 5 nitrogen and oxygen atoms in total. The minimum atomic E-state index is 0.0673. The second-order valence-corrected chi connectivity index (χ2v) is 11.1. The van der Waals surface area contributed by atoms with Gasteiger partial charge in [0.05, 0.1) is 7.11 Å². The fraction of sp³-hybridized carbons (Fsp3) is 0.519. The predicted octanol–water partition coefficient (Wildman–Crippen LogP) is 4.95. The van der Waals surface area contributed by atoms with Gasteiger partial charge >= 0.3 is 0 Å². The molecule has 1 aliphatic heterocycles. The minimum Gasteiger partial charge on any atom is -0.497 e. The molecule has 0 atom stereocenters. The molecule has 0 aromatic heterocycles. The van der Waals surface area contributed by atoms with Gasteiger partial charge in [-0.15, -0.1) is 0 Å². The highest BCUT2D eigenvalue weighted by atomic mass is 32.1. The summed E-state index contributed by atoms with van der Waals surface area (Å²) in [5.41, 5.74) is 3.77. The van der Waals surface area contributed by atoms with Crippen molar-refractivity contribution >= 4 is 23.0 Å². The number of nitrogens with zero attached hydrogens (tertiary/aromatic N) is 2. The molecular formula is C27H40N4OS. The van der Waals surface area contributed by atoms with E-state index in [1.54, 1.807) is 7.11 Å². The van der Waals surface area contributed by atoms with E-state index in [-0.39, 0.29) is 11.1 Å². The fourth-order valence-electron chi connectivity index (χ4n) is 4.96. The third kappa shape index (κ3) is 7.34. The summed E-state index contributed by atoms with van der Waals surface area (Å²) in [6.45, 7) is 10.6. The zero-order valence-electron chi connectivity index (χ0n) is 21.2. The van der Waals surface area contributed by atoms with Gasteiger partial charge in [0.25, 0.3) is 0 Å². The van der Waals surface area contributed by atoms with Crippen molar-refractivity contribution < 1.29 is 4.74 Å². The molecule has 2 N–H and O–H groups in total. The summed E-state index contributed by atoms with van der Waals surface area (Å²) >= 11 is 5.98. The first-order valence-electron chi connectivity index (χ1n) is 11.7. The van der Waals surface area contributed by atoms with E-state index in [9.17, 15) is 0 Å². The first-order chi connectivity index (χ1) is 15.5. The fourth-order valence-corrected chi connectivity index (χ4v) is 5.26. The highest BCUT2D eigenvalue weighted by Crippen LogP contribution is 2.29. The molecule has 0 radical (unpaired) electrons. The first kappa shape index (κ1) is 25.3. The molecule has 1 fully saturated rings. The van der Waals surface area contributed by atoms with Gasteiger partial charge in [0.15, 0.2) is 5.11 Å². The molecule has 1 heterocycles. The molecule has 0 spiro atoms. The molecule has 0 amide bonds. The van der Waals surface area contributed by atoms with Crippen LogP contribution < -0.4 is 20.3 Å². The van der Waals surface area contributed by atoms with Crippen molar-refractivity contribution in [1.29, 1.82) is 0 Å². The van der Waals surface area contributed by atoms with Crippen LogP contribution in [-0.4, -0.2) is 48.3 Å². The van der Waals surface area contributed by atoms with Crippen LogP contribution in [0.2, 0.25) is 0 Å². The van der Waals surface area contributed by atoms with Gasteiger partial charge < -0.3 is 25.2 Å². The SMILES string of the molecule is COc1ccc(CN(Cc2ccc(N(C)C)cc2)C(=S)NC2CC(C)(C)NC(C)(C)C2)cc1. The van der Waals surface area contributed by atoms with Gasteiger partial charge in [-0.3, -0.25) is 0 Å². The van der Waals surface area contributed by atoms with Crippen LogP contribution in [0.3, 0.4) is 0 Å². The van der Waals surface area contributed by atoms with E-state index in [4.69, 9.17) is 17.0 Å². The van der Waals surface area contributed by atoms with E-state index in [1.165, 1.54) is 16.8 Å². The first-order valence-corrected chi connectivity index (χ1v) is 12.1. The number of hydrogen-bond donors (Lipinski definition) is 2. The van der Waals surface area contributed by atoms with Crippen LogP contribution in [0.5, 0.6) is 5.75 Å². The second-order valence-electron chi connectivity index (χ2n) is 10.7. The monoisotopic (exact) mass is 468 g/mol. The Bertz CT molecular complexity index is 906. The van der Waals surface area contributed by atoms with E-state index in [1.807, 2.05) is 12.1 Å². The number of piperidine rings is 1. The quantitative estimate of drug-likeness (QED) is 0.561. The van der Waals surface area contributed by atoms with Crippen molar-refractivity contribution in [3.63, 3.8) is 0 Å². The van der Waals surface area contributed by atoms with Gasteiger partial charge in [0, 0.05) is 50.0 Å². The maximum absolute atomic E-state index is 5.98. The molecule has 0 unspecified atom stereocenters. The Hall–Kier alpha value is -2.31. The Morgan fingerprint density at radius 3 is 1.88 bits per heavy atom. The van der Waals surface area contributed by atoms with Crippen LogP contribution >= 0.6 is 12.2 Å². The van der Waals surface area contributed by atoms with Crippen LogP contribution in [0, 0.1) is 0 Å². The second kappa shape index (κ2) is 10.3. The summed E-state index contributed by atoms with van der Waals surface area (Å²) in [4.78, 5) is 4.38. The summed E-state index contributed by atoms with van der Waals surface area (Å²) in [7, 11) is 5.82. The van der Waals surface area contributed by atoms with Crippen molar-refractivity contribution in [2.75, 3.05) is 26.1 Å². The molecule has 0 aliphatic carbocycles. The average Bonchev–Trinajstić information content (AvgIpc) is 2.71. The molecule has 0 bridgehead atoms. The molecule has 0 saturated carbocycles. The smallest absolute Gasteiger partial charge is 0.169 e. The van der Waals surface area contributed by atoms with Crippen LogP contribution in [0.1, 0.15) is 51.7 Å². The maximum Gasteiger partial charge on any atom is 0.169 e. The van der Waals surface area contributed by atoms with Crippen molar-refractivity contribution in [2.24, 2.45) is 0 Å². The maximum atomic E-state index is 5.98. The molecule has 3 rings (SSSR count). The number of rotatable bonds is 7. The highest BCUT2D eigenvalue weighted by Gasteiger charge is 2.38. The van der Waals surface area contributed by atoms with E-state index in [0.717, 1.165) is 36.8 Å². The van der Waals surface area contributed by atoms with Crippen molar-refractivity contribution in [1.82, 2.24) is 15.5 Å². The van der Waals surface area contributed by atoms with Gasteiger partial charge in [-0.2, -0.15) is 0 Å². The average molecular weight is 469 g/mol. The number of anilines is 1. The van der Waals surface area contributed by atoms with E-state index in [0.29, 0.717) is 6.04 Å². The lowest BCUT2D eigenvalue weighted by atomic mass is 9.80. The highest BCUT2D eigenvalue weighted by molar-refractivity contribution is 7.80. The topological polar surface area (TPSA) is 39.8 Å². The van der Waals surface area contributed by atoms with Gasteiger partial charge in [0.1, 0.15) is 5.75 Å². The number of thiocarbonyl (C=S) groups is 1. The molecular weight excluding hydrogens is 428 g/mol. The Morgan fingerprint density at radius 2 is 1.42 bits per heavy atom. The predicted molar refractivity (Wildman–Crippen MR) is 143 cm³/mol. The zero-order valence-corrected chi connectivity index (χ0v) is 22.1. The van der Waals surface area contributed by atoms with Gasteiger partial charge in [-0.05, 0) is 88.1 Å². The number of hydrogen-bond acceptors (Lipinski definition) is 4. The van der Waals surface area contributed by atoms with E-state index < -0.39 is 0 Å². The molecule has 180 valence electrons. The van der Waals surface area contributed by atoms with Crippen LogP contribution in [0.4, 0.5) is 5.69 Å². The Labute approximate surface area is 205 Å².